The van der Waals surface area contributed by atoms with Crippen molar-refractivity contribution in [3.63, 3.8) is 0 Å². The Morgan fingerprint density at radius 2 is 1.84 bits per heavy atom. The van der Waals surface area contributed by atoms with Gasteiger partial charge in [0.05, 0.1) is 6.10 Å². The lowest BCUT2D eigenvalue weighted by molar-refractivity contribution is -0.137. The zero-order valence-corrected chi connectivity index (χ0v) is 11.2. The number of carbonyl (C=O) groups is 2. The van der Waals surface area contributed by atoms with Gasteiger partial charge in [0, 0.05) is 19.5 Å². The van der Waals surface area contributed by atoms with E-state index in [1.165, 1.54) is 6.42 Å². The van der Waals surface area contributed by atoms with Gasteiger partial charge in [0.1, 0.15) is 0 Å². The topological polar surface area (TPSA) is 98.7 Å². The van der Waals surface area contributed by atoms with E-state index in [0.717, 1.165) is 25.7 Å². The van der Waals surface area contributed by atoms with Crippen LogP contribution in [0.5, 0.6) is 0 Å². The minimum atomic E-state index is -0.866. The van der Waals surface area contributed by atoms with E-state index in [1.807, 2.05) is 0 Å². The Labute approximate surface area is 113 Å². The first-order valence-electron chi connectivity index (χ1n) is 7.01. The number of urea groups is 1. The van der Waals surface area contributed by atoms with E-state index >= 15 is 0 Å². The molecule has 1 fully saturated rings. The smallest absolute Gasteiger partial charge is 0.314 e. The van der Waals surface area contributed by atoms with E-state index in [9.17, 15) is 14.7 Å². The second-order valence-corrected chi connectivity index (χ2v) is 5.10. The summed E-state index contributed by atoms with van der Waals surface area (Å²) < 4.78 is 0. The molecule has 0 aromatic rings. The number of carboxylic acid groups (broad SMARTS) is 1. The summed E-state index contributed by atoms with van der Waals surface area (Å²) in [6.45, 7) is 0.590. The maximum absolute atomic E-state index is 11.4. The second kappa shape index (κ2) is 8.74. The molecule has 1 unspecified atom stereocenters. The number of hydrogen-bond donors (Lipinski definition) is 4. The minimum absolute atomic E-state index is 0.0466. The summed E-state index contributed by atoms with van der Waals surface area (Å²) >= 11 is 0. The molecule has 19 heavy (non-hydrogen) atoms. The molecular weight excluding hydrogens is 248 g/mol. The molecule has 0 spiro atoms. The van der Waals surface area contributed by atoms with Gasteiger partial charge in [-0.2, -0.15) is 0 Å². The number of rotatable bonds is 7. The van der Waals surface area contributed by atoms with Crippen LogP contribution in [0.2, 0.25) is 0 Å². The highest BCUT2D eigenvalue weighted by Gasteiger charge is 2.21. The van der Waals surface area contributed by atoms with Crippen LogP contribution in [-0.2, 0) is 4.79 Å². The van der Waals surface area contributed by atoms with Crippen LogP contribution in [0.4, 0.5) is 4.79 Å². The average Bonchev–Trinajstić information content (AvgIpc) is 2.41. The number of nitrogens with one attached hydrogen (secondary N) is 2. The van der Waals surface area contributed by atoms with Crippen molar-refractivity contribution >= 4 is 12.0 Å². The number of amides is 2. The summed E-state index contributed by atoms with van der Waals surface area (Å²) in [5, 5.41) is 23.6. The molecule has 0 radical (unpaired) electrons. The first kappa shape index (κ1) is 15.8. The summed E-state index contributed by atoms with van der Waals surface area (Å²) in [7, 11) is 0. The van der Waals surface area contributed by atoms with Gasteiger partial charge in [-0.15, -0.1) is 0 Å². The third kappa shape index (κ3) is 7.00. The summed E-state index contributed by atoms with van der Waals surface area (Å²) in [6.07, 6.45) is 5.59. The zero-order valence-electron chi connectivity index (χ0n) is 11.2. The highest BCUT2D eigenvalue weighted by Crippen LogP contribution is 2.26. The van der Waals surface area contributed by atoms with E-state index < -0.39 is 12.1 Å². The molecule has 110 valence electrons. The standard InChI is InChI=1S/C13H24N2O4/c16-11(10-5-2-1-3-6-10)9-15-13(19)14-8-4-7-12(17)18/h10-11,16H,1-9H2,(H,17,18)(H2,14,15,19). The molecule has 6 heteroatoms. The van der Waals surface area contributed by atoms with Gasteiger partial charge in [-0.05, 0) is 25.2 Å². The summed E-state index contributed by atoms with van der Waals surface area (Å²) in [6, 6.07) is -0.347. The third-order valence-corrected chi connectivity index (χ3v) is 3.52. The van der Waals surface area contributed by atoms with Crippen LogP contribution >= 0.6 is 0 Å². The van der Waals surface area contributed by atoms with E-state index in [4.69, 9.17) is 5.11 Å². The van der Waals surface area contributed by atoms with Gasteiger partial charge in [0.2, 0.25) is 0 Å². The second-order valence-electron chi connectivity index (χ2n) is 5.10. The lowest BCUT2D eigenvalue weighted by Gasteiger charge is -2.26. The van der Waals surface area contributed by atoms with E-state index in [-0.39, 0.29) is 19.0 Å². The number of aliphatic hydroxyl groups excluding tert-OH is 1. The first-order valence-corrected chi connectivity index (χ1v) is 7.01. The van der Waals surface area contributed by atoms with Gasteiger partial charge in [-0.1, -0.05) is 19.3 Å². The predicted molar refractivity (Wildman–Crippen MR) is 70.9 cm³/mol. The molecule has 6 nitrogen and oxygen atoms in total. The molecule has 0 aromatic carbocycles. The highest BCUT2D eigenvalue weighted by atomic mass is 16.4. The lowest BCUT2D eigenvalue weighted by atomic mass is 9.85. The van der Waals surface area contributed by atoms with Crippen LogP contribution in [0.25, 0.3) is 0 Å². The van der Waals surface area contributed by atoms with Crippen molar-refractivity contribution in [2.45, 2.75) is 51.0 Å². The van der Waals surface area contributed by atoms with Crippen LogP contribution in [0, 0.1) is 5.92 Å². The molecular formula is C13H24N2O4. The van der Waals surface area contributed by atoms with Gasteiger partial charge < -0.3 is 20.8 Å². The summed E-state index contributed by atoms with van der Waals surface area (Å²) in [5.74, 6) is -0.573. The lowest BCUT2D eigenvalue weighted by Crippen LogP contribution is -2.42. The molecule has 1 aliphatic carbocycles. The molecule has 1 rings (SSSR count). The van der Waals surface area contributed by atoms with Crippen LogP contribution < -0.4 is 10.6 Å². The Morgan fingerprint density at radius 3 is 2.47 bits per heavy atom. The van der Waals surface area contributed by atoms with Crippen molar-refractivity contribution in [2.24, 2.45) is 5.92 Å². The van der Waals surface area contributed by atoms with Crippen molar-refractivity contribution in [1.82, 2.24) is 10.6 Å². The molecule has 0 saturated heterocycles. The van der Waals surface area contributed by atoms with Crippen molar-refractivity contribution in [1.29, 1.82) is 0 Å². The van der Waals surface area contributed by atoms with Crippen molar-refractivity contribution in [3.8, 4) is 0 Å². The number of carboxylic acids is 1. The fraction of sp³-hybridized carbons (Fsp3) is 0.846. The number of hydrogen-bond acceptors (Lipinski definition) is 3. The number of aliphatic carboxylic acids is 1. The normalized spacial score (nSPS) is 17.7. The van der Waals surface area contributed by atoms with Crippen LogP contribution in [0.3, 0.4) is 0 Å². The highest BCUT2D eigenvalue weighted by molar-refractivity contribution is 5.73. The maximum Gasteiger partial charge on any atom is 0.314 e. The third-order valence-electron chi connectivity index (χ3n) is 3.52. The van der Waals surface area contributed by atoms with Gasteiger partial charge >= 0.3 is 12.0 Å². The molecule has 0 bridgehead atoms. The Hall–Kier alpha value is -1.30. The van der Waals surface area contributed by atoms with Crippen LogP contribution in [0.1, 0.15) is 44.9 Å². The average molecular weight is 272 g/mol. The van der Waals surface area contributed by atoms with Crippen LogP contribution in [-0.4, -0.2) is 41.4 Å². The minimum Gasteiger partial charge on any atom is -0.481 e. The molecule has 0 aromatic heterocycles. The van der Waals surface area contributed by atoms with Gasteiger partial charge in [0.15, 0.2) is 0 Å². The van der Waals surface area contributed by atoms with E-state index in [2.05, 4.69) is 10.6 Å². The van der Waals surface area contributed by atoms with Gasteiger partial charge in [0.25, 0.3) is 0 Å². The predicted octanol–water partition coefficient (Wildman–Crippen LogP) is 1.09. The summed E-state index contributed by atoms with van der Waals surface area (Å²) in [5.41, 5.74) is 0. The molecule has 1 atom stereocenters. The fourth-order valence-electron chi connectivity index (χ4n) is 2.39. The Bertz CT molecular complexity index is 290. The largest absolute Gasteiger partial charge is 0.481 e. The molecule has 2 amide bonds. The van der Waals surface area contributed by atoms with E-state index in [1.54, 1.807) is 0 Å². The number of aliphatic hydroxyl groups is 1. The number of carbonyl (C=O) groups excluding carboxylic acids is 1. The molecule has 4 N–H and O–H groups in total. The zero-order chi connectivity index (χ0) is 14.1. The van der Waals surface area contributed by atoms with Crippen molar-refractivity contribution in [3.05, 3.63) is 0 Å². The molecule has 0 heterocycles. The Balaban J connectivity index is 2.06. The maximum atomic E-state index is 11.4. The molecule has 0 aliphatic heterocycles. The van der Waals surface area contributed by atoms with Crippen LogP contribution in [0.15, 0.2) is 0 Å². The Morgan fingerprint density at radius 1 is 1.16 bits per heavy atom. The van der Waals surface area contributed by atoms with Crippen molar-refractivity contribution < 1.29 is 19.8 Å². The first-order chi connectivity index (χ1) is 9.09. The quantitative estimate of drug-likeness (QED) is 0.521. The van der Waals surface area contributed by atoms with E-state index in [0.29, 0.717) is 18.9 Å². The van der Waals surface area contributed by atoms with Gasteiger partial charge in [-0.3, -0.25) is 4.79 Å². The van der Waals surface area contributed by atoms with Crippen molar-refractivity contribution in [2.75, 3.05) is 13.1 Å². The summed E-state index contributed by atoms with van der Waals surface area (Å²) in [4.78, 5) is 21.7. The fourth-order valence-corrected chi connectivity index (χ4v) is 2.39. The Kier molecular flexibility index (Phi) is 7.25. The SMILES string of the molecule is O=C(O)CCCNC(=O)NCC(O)C1CCCCC1. The monoisotopic (exact) mass is 272 g/mol. The molecule has 1 aliphatic rings. The molecule has 1 saturated carbocycles. The van der Waals surface area contributed by atoms with Gasteiger partial charge in [-0.25, -0.2) is 4.79 Å².